The molecule has 26 heavy (non-hydrogen) atoms. The van der Waals surface area contributed by atoms with Crippen LogP contribution in [-0.2, 0) is 19.1 Å². The van der Waals surface area contributed by atoms with Crippen molar-refractivity contribution in [2.75, 3.05) is 25.4 Å². The highest BCUT2D eigenvalue weighted by Gasteiger charge is 2.26. The summed E-state index contributed by atoms with van der Waals surface area (Å²) in [6.07, 6.45) is 1.40. The molecule has 1 fully saturated rings. The summed E-state index contributed by atoms with van der Waals surface area (Å²) in [4.78, 5) is 37.8. The zero-order valence-corrected chi connectivity index (χ0v) is 16.1. The number of carbonyl (C=O) groups excluding carboxylic acids is 3. The van der Waals surface area contributed by atoms with E-state index in [9.17, 15) is 14.4 Å². The number of nitrogens with two attached hydrogens (primary N) is 1. The molecule has 6 nitrogen and oxygen atoms in total. The van der Waals surface area contributed by atoms with Crippen molar-refractivity contribution < 1.29 is 19.1 Å². The van der Waals surface area contributed by atoms with E-state index in [-0.39, 0.29) is 36.7 Å². The Morgan fingerprint density at radius 1 is 1.19 bits per heavy atom. The van der Waals surface area contributed by atoms with Crippen molar-refractivity contribution in [1.82, 2.24) is 4.90 Å². The van der Waals surface area contributed by atoms with Gasteiger partial charge in [-0.2, -0.15) is 0 Å². The number of benzene rings is 1. The molecule has 0 aromatic heterocycles. The Labute approximate surface area is 158 Å². The van der Waals surface area contributed by atoms with Crippen molar-refractivity contribution >= 4 is 29.5 Å². The highest BCUT2D eigenvalue weighted by molar-refractivity contribution is 7.99. The van der Waals surface area contributed by atoms with Gasteiger partial charge in [0, 0.05) is 29.7 Å². The minimum atomic E-state index is -0.373. The maximum absolute atomic E-state index is 12.1. The van der Waals surface area contributed by atoms with Crippen molar-refractivity contribution in [3.8, 4) is 0 Å². The summed E-state index contributed by atoms with van der Waals surface area (Å²) in [5.74, 6) is -0.460. The Balaban J connectivity index is 1.64. The van der Waals surface area contributed by atoms with Gasteiger partial charge in [0.25, 0.3) is 5.91 Å². The molecular formula is C19H26N2O4S. The van der Waals surface area contributed by atoms with Crippen molar-refractivity contribution in [3.63, 3.8) is 0 Å². The number of esters is 1. The highest BCUT2D eigenvalue weighted by Crippen LogP contribution is 2.22. The molecule has 0 spiro atoms. The smallest absolute Gasteiger partial charge is 0.307 e. The second-order valence-electron chi connectivity index (χ2n) is 6.56. The van der Waals surface area contributed by atoms with Crippen LogP contribution in [0.1, 0.15) is 30.4 Å². The lowest BCUT2D eigenvalue weighted by Crippen LogP contribution is -2.43. The second kappa shape index (κ2) is 9.62. The Hall–Kier alpha value is -2.02. The highest BCUT2D eigenvalue weighted by atomic mass is 32.2. The molecule has 1 aromatic rings. The molecule has 1 aromatic carbocycles. The molecule has 0 saturated carbocycles. The molecule has 1 heterocycles. The molecule has 1 aliphatic heterocycles. The van der Waals surface area contributed by atoms with Crippen LogP contribution in [0.2, 0.25) is 0 Å². The number of nitrogens with zero attached hydrogens (tertiary/aromatic N) is 1. The van der Waals surface area contributed by atoms with Crippen molar-refractivity contribution in [3.05, 3.63) is 29.3 Å². The normalized spacial score (nSPS) is 14.9. The summed E-state index contributed by atoms with van der Waals surface area (Å²) in [5, 5.41) is 0. The van der Waals surface area contributed by atoms with Crippen LogP contribution in [0.4, 0.5) is 0 Å². The van der Waals surface area contributed by atoms with Crippen molar-refractivity contribution in [1.29, 1.82) is 0 Å². The maximum atomic E-state index is 12.1. The quantitative estimate of drug-likeness (QED) is 0.579. The number of piperidine rings is 1. The van der Waals surface area contributed by atoms with Crippen LogP contribution in [0.3, 0.4) is 0 Å². The van der Waals surface area contributed by atoms with Crippen molar-refractivity contribution in [2.45, 2.75) is 38.0 Å². The molecule has 1 aliphatic rings. The molecule has 2 N–H and O–H groups in total. The molecule has 1 saturated heterocycles. The lowest BCUT2D eigenvalue weighted by atomic mass is 9.96. The van der Waals surface area contributed by atoms with Crippen LogP contribution in [-0.4, -0.2) is 48.1 Å². The average Bonchev–Trinajstić information content (AvgIpc) is 2.62. The number of amides is 2. The van der Waals surface area contributed by atoms with E-state index in [1.54, 1.807) is 16.7 Å². The molecular weight excluding hydrogens is 352 g/mol. The number of primary amides is 1. The van der Waals surface area contributed by atoms with Gasteiger partial charge in [-0.05, 0) is 49.9 Å². The third kappa shape index (κ3) is 6.05. The van der Waals surface area contributed by atoms with E-state index in [4.69, 9.17) is 10.5 Å². The Morgan fingerprint density at radius 2 is 1.88 bits per heavy atom. The van der Waals surface area contributed by atoms with Gasteiger partial charge in [-0.1, -0.05) is 6.07 Å². The Bertz CT molecular complexity index is 670. The first-order chi connectivity index (χ1) is 12.4. The van der Waals surface area contributed by atoms with Gasteiger partial charge in [-0.15, -0.1) is 11.8 Å². The van der Waals surface area contributed by atoms with Gasteiger partial charge in [0.05, 0.1) is 6.42 Å². The van der Waals surface area contributed by atoms with Gasteiger partial charge >= 0.3 is 5.97 Å². The van der Waals surface area contributed by atoms with Gasteiger partial charge < -0.3 is 15.4 Å². The third-order valence-corrected chi connectivity index (χ3v) is 5.66. The lowest BCUT2D eigenvalue weighted by Gasteiger charge is -2.30. The summed E-state index contributed by atoms with van der Waals surface area (Å²) in [6, 6.07) is 6.21. The standard InChI is InChI=1S/C19H26N2O4S/c1-13-3-4-16(11-14(13)2)26-10-7-18(23)25-12-17(22)21-8-5-15(6-9-21)19(20)24/h3-4,11,15H,5-10,12H2,1-2H3,(H2,20,24). The van der Waals surface area contributed by atoms with E-state index in [2.05, 4.69) is 26.0 Å². The Kier molecular flexibility index (Phi) is 7.50. The summed E-state index contributed by atoms with van der Waals surface area (Å²) in [6.45, 7) is 4.84. The first kappa shape index (κ1) is 20.3. The summed E-state index contributed by atoms with van der Waals surface area (Å²) in [7, 11) is 0. The van der Waals surface area contributed by atoms with Gasteiger partial charge in [-0.3, -0.25) is 14.4 Å². The van der Waals surface area contributed by atoms with Crippen LogP contribution < -0.4 is 5.73 Å². The molecule has 0 radical (unpaired) electrons. The van der Waals surface area contributed by atoms with E-state index in [0.29, 0.717) is 31.7 Å². The number of carbonyl (C=O) groups is 3. The Morgan fingerprint density at radius 3 is 2.50 bits per heavy atom. The van der Waals surface area contributed by atoms with Gasteiger partial charge in [-0.25, -0.2) is 0 Å². The minimum Gasteiger partial charge on any atom is -0.456 e. The average molecular weight is 378 g/mol. The van der Waals surface area contributed by atoms with Crippen LogP contribution in [0, 0.1) is 19.8 Å². The number of aryl methyl sites for hydroxylation is 2. The molecule has 2 rings (SSSR count). The zero-order valence-electron chi connectivity index (χ0n) is 15.3. The van der Waals surface area contributed by atoms with Gasteiger partial charge in [0.15, 0.2) is 6.61 Å². The SMILES string of the molecule is Cc1ccc(SCCC(=O)OCC(=O)N2CCC(C(N)=O)CC2)cc1C. The van der Waals surface area contributed by atoms with Crippen LogP contribution >= 0.6 is 11.8 Å². The number of hydrogen-bond acceptors (Lipinski definition) is 5. The predicted octanol–water partition coefficient (Wildman–Crippen LogP) is 2.05. The van der Waals surface area contributed by atoms with Gasteiger partial charge in [0.2, 0.25) is 5.91 Å². The maximum Gasteiger partial charge on any atom is 0.307 e. The summed E-state index contributed by atoms with van der Waals surface area (Å²) < 4.78 is 5.08. The largest absolute Gasteiger partial charge is 0.456 e. The number of likely N-dealkylation sites (tertiary alicyclic amines) is 1. The van der Waals surface area contributed by atoms with Crippen LogP contribution in [0.15, 0.2) is 23.1 Å². The van der Waals surface area contributed by atoms with E-state index in [1.165, 1.54) is 11.1 Å². The van der Waals surface area contributed by atoms with Crippen LogP contribution in [0.5, 0.6) is 0 Å². The van der Waals surface area contributed by atoms with E-state index >= 15 is 0 Å². The summed E-state index contributed by atoms with van der Waals surface area (Å²) >= 11 is 1.60. The monoisotopic (exact) mass is 378 g/mol. The van der Waals surface area contributed by atoms with Crippen LogP contribution in [0.25, 0.3) is 0 Å². The molecule has 7 heteroatoms. The van der Waals surface area contributed by atoms with Crippen molar-refractivity contribution in [2.24, 2.45) is 11.7 Å². The molecule has 0 aliphatic carbocycles. The molecule has 0 bridgehead atoms. The fraction of sp³-hybridized carbons (Fsp3) is 0.526. The second-order valence-corrected chi connectivity index (χ2v) is 7.73. The van der Waals surface area contributed by atoms with E-state index < -0.39 is 0 Å². The first-order valence-electron chi connectivity index (χ1n) is 8.79. The number of rotatable bonds is 7. The predicted molar refractivity (Wildman–Crippen MR) is 101 cm³/mol. The topological polar surface area (TPSA) is 89.7 Å². The molecule has 2 amide bonds. The summed E-state index contributed by atoms with van der Waals surface area (Å²) in [5.41, 5.74) is 7.75. The first-order valence-corrected chi connectivity index (χ1v) is 9.78. The molecule has 142 valence electrons. The third-order valence-electron chi connectivity index (χ3n) is 4.66. The number of ether oxygens (including phenoxy) is 1. The number of hydrogen-bond donors (Lipinski definition) is 1. The fourth-order valence-corrected chi connectivity index (χ4v) is 3.70. The van der Waals surface area contributed by atoms with E-state index in [0.717, 1.165) is 4.90 Å². The van der Waals surface area contributed by atoms with E-state index in [1.807, 2.05) is 6.07 Å². The molecule has 0 atom stereocenters. The fourth-order valence-electron chi connectivity index (χ4n) is 2.78. The molecule has 0 unspecified atom stereocenters. The van der Waals surface area contributed by atoms with Gasteiger partial charge in [0.1, 0.15) is 0 Å². The minimum absolute atomic E-state index is 0.163. The zero-order chi connectivity index (χ0) is 19.1. The number of thioether (sulfide) groups is 1. The lowest BCUT2D eigenvalue weighted by molar-refractivity contribution is -0.152.